The zero-order chi connectivity index (χ0) is 12.9. The number of rotatable bonds is 5. The van der Waals surface area contributed by atoms with Gasteiger partial charge in [-0.25, -0.2) is 0 Å². The van der Waals surface area contributed by atoms with Crippen molar-refractivity contribution in [2.45, 2.75) is 25.9 Å². The highest BCUT2D eigenvalue weighted by atomic mass is 16.5. The average Bonchev–Trinajstić information content (AvgIpc) is 2.28. The summed E-state index contributed by atoms with van der Waals surface area (Å²) in [5.74, 6) is -0.101. The summed E-state index contributed by atoms with van der Waals surface area (Å²) in [6.45, 7) is 4.79. The molecule has 17 heavy (non-hydrogen) atoms. The van der Waals surface area contributed by atoms with Crippen molar-refractivity contribution in [1.82, 2.24) is 5.32 Å². The third-order valence-corrected chi connectivity index (χ3v) is 2.41. The Morgan fingerprint density at radius 1 is 1.35 bits per heavy atom. The van der Waals surface area contributed by atoms with Gasteiger partial charge in [-0.3, -0.25) is 4.79 Å². The summed E-state index contributed by atoms with van der Waals surface area (Å²) in [5, 5.41) is 2.92. The highest BCUT2D eigenvalue weighted by Crippen LogP contribution is 2.07. The van der Waals surface area contributed by atoms with Gasteiger partial charge in [0.2, 0.25) is 0 Å². The van der Waals surface area contributed by atoms with Crippen LogP contribution in [0.3, 0.4) is 0 Å². The molecule has 1 amide bonds. The van der Waals surface area contributed by atoms with Gasteiger partial charge >= 0.3 is 0 Å². The Morgan fingerprint density at radius 3 is 2.41 bits per heavy atom. The van der Waals surface area contributed by atoms with Gasteiger partial charge in [0.15, 0.2) is 0 Å². The van der Waals surface area contributed by atoms with Gasteiger partial charge in [0, 0.05) is 19.2 Å². The SMILES string of the molecule is COCC(C)(C)NC(=O)c1ccc(CN)cc1. The minimum atomic E-state index is -0.377. The summed E-state index contributed by atoms with van der Waals surface area (Å²) >= 11 is 0. The van der Waals surface area contributed by atoms with Gasteiger partial charge in [0.05, 0.1) is 12.1 Å². The summed E-state index contributed by atoms with van der Waals surface area (Å²) in [5.41, 5.74) is 6.77. The van der Waals surface area contributed by atoms with Crippen LogP contribution in [0, 0.1) is 0 Å². The molecule has 0 radical (unpaired) electrons. The molecule has 0 bridgehead atoms. The lowest BCUT2D eigenvalue weighted by atomic mass is 10.1. The van der Waals surface area contributed by atoms with Crippen LogP contribution in [0.2, 0.25) is 0 Å². The number of hydrogen-bond donors (Lipinski definition) is 2. The second kappa shape index (κ2) is 5.80. The van der Waals surface area contributed by atoms with E-state index >= 15 is 0 Å². The number of amides is 1. The summed E-state index contributed by atoms with van der Waals surface area (Å²) in [4.78, 5) is 11.9. The summed E-state index contributed by atoms with van der Waals surface area (Å²) in [6, 6.07) is 7.28. The number of carbonyl (C=O) groups excluding carboxylic acids is 1. The van der Waals surface area contributed by atoms with E-state index in [0.29, 0.717) is 18.7 Å². The zero-order valence-corrected chi connectivity index (χ0v) is 10.6. The van der Waals surface area contributed by atoms with Crippen LogP contribution in [0.4, 0.5) is 0 Å². The summed E-state index contributed by atoms with van der Waals surface area (Å²) < 4.78 is 5.05. The van der Waals surface area contributed by atoms with Gasteiger partial charge in [0.1, 0.15) is 0 Å². The van der Waals surface area contributed by atoms with Crippen molar-refractivity contribution in [3.05, 3.63) is 35.4 Å². The van der Waals surface area contributed by atoms with E-state index in [2.05, 4.69) is 5.32 Å². The van der Waals surface area contributed by atoms with Crippen LogP contribution >= 0.6 is 0 Å². The first kappa shape index (κ1) is 13.7. The molecule has 0 saturated heterocycles. The quantitative estimate of drug-likeness (QED) is 0.810. The molecule has 0 unspecified atom stereocenters. The maximum absolute atomic E-state index is 11.9. The molecule has 4 nitrogen and oxygen atoms in total. The molecule has 4 heteroatoms. The summed E-state index contributed by atoms with van der Waals surface area (Å²) in [6.07, 6.45) is 0. The largest absolute Gasteiger partial charge is 0.382 e. The van der Waals surface area contributed by atoms with Crippen LogP contribution in [0.25, 0.3) is 0 Å². The van der Waals surface area contributed by atoms with E-state index in [4.69, 9.17) is 10.5 Å². The Labute approximate surface area is 102 Å². The molecule has 0 heterocycles. The van der Waals surface area contributed by atoms with Gasteiger partial charge < -0.3 is 15.8 Å². The highest BCUT2D eigenvalue weighted by molar-refractivity contribution is 5.94. The maximum Gasteiger partial charge on any atom is 0.251 e. The first-order valence-electron chi connectivity index (χ1n) is 5.59. The number of hydrogen-bond acceptors (Lipinski definition) is 3. The van der Waals surface area contributed by atoms with Crippen LogP contribution in [0.5, 0.6) is 0 Å². The van der Waals surface area contributed by atoms with Crippen molar-refractivity contribution in [3.8, 4) is 0 Å². The maximum atomic E-state index is 11.9. The number of ether oxygens (including phenoxy) is 1. The number of benzene rings is 1. The molecule has 0 aliphatic heterocycles. The van der Waals surface area contributed by atoms with E-state index in [1.807, 2.05) is 26.0 Å². The summed E-state index contributed by atoms with van der Waals surface area (Å²) in [7, 11) is 1.62. The van der Waals surface area contributed by atoms with Gasteiger partial charge in [-0.2, -0.15) is 0 Å². The van der Waals surface area contributed by atoms with Crippen molar-refractivity contribution >= 4 is 5.91 Å². The molecular weight excluding hydrogens is 216 g/mol. The first-order chi connectivity index (χ1) is 7.98. The van der Waals surface area contributed by atoms with Gasteiger partial charge in [0.25, 0.3) is 5.91 Å². The highest BCUT2D eigenvalue weighted by Gasteiger charge is 2.20. The van der Waals surface area contributed by atoms with E-state index in [0.717, 1.165) is 5.56 Å². The van der Waals surface area contributed by atoms with E-state index in [1.54, 1.807) is 19.2 Å². The molecule has 1 rings (SSSR count). The zero-order valence-electron chi connectivity index (χ0n) is 10.6. The minimum Gasteiger partial charge on any atom is -0.382 e. The number of nitrogens with two attached hydrogens (primary N) is 1. The van der Waals surface area contributed by atoms with Gasteiger partial charge in [-0.15, -0.1) is 0 Å². The van der Waals surface area contributed by atoms with Crippen LogP contribution in [-0.4, -0.2) is 25.2 Å². The monoisotopic (exact) mass is 236 g/mol. The van der Waals surface area contributed by atoms with Crippen molar-refractivity contribution in [2.24, 2.45) is 5.73 Å². The van der Waals surface area contributed by atoms with E-state index in [-0.39, 0.29) is 11.4 Å². The molecular formula is C13H20N2O2. The van der Waals surface area contributed by atoms with Crippen molar-refractivity contribution in [3.63, 3.8) is 0 Å². The number of methoxy groups -OCH3 is 1. The molecule has 0 aromatic heterocycles. The Kier molecular flexibility index (Phi) is 4.66. The van der Waals surface area contributed by atoms with Crippen molar-refractivity contribution in [1.29, 1.82) is 0 Å². The molecule has 0 aliphatic rings. The molecule has 94 valence electrons. The van der Waals surface area contributed by atoms with Gasteiger partial charge in [-0.1, -0.05) is 12.1 Å². The molecule has 0 spiro atoms. The molecule has 0 saturated carbocycles. The van der Waals surface area contributed by atoms with Gasteiger partial charge in [-0.05, 0) is 31.5 Å². The van der Waals surface area contributed by atoms with E-state index in [1.165, 1.54) is 0 Å². The fraction of sp³-hybridized carbons (Fsp3) is 0.462. The van der Waals surface area contributed by atoms with E-state index in [9.17, 15) is 4.79 Å². The smallest absolute Gasteiger partial charge is 0.251 e. The number of nitrogens with one attached hydrogen (secondary N) is 1. The fourth-order valence-corrected chi connectivity index (χ4v) is 1.57. The lowest BCUT2D eigenvalue weighted by Gasteiger charge is -2.25. The van der Waals surface area contributed by atoms with Crippen LogP contribution < -0.4 is 11.1 Å². The average molecular weight is 236 g/mol. The molecule has 0 aliphatic carbocycles. The van der Waals surface area contributed by atoms with Crippen molar-refractivity contribution < 1.29 is 9.53 Å². The molecule has 0 atom stereocenters. The minimum absolute atomic E-state index is 0.101. The lowest BCUT2D eigenvalue weighted by molar-refractivity contribution is 0.0820. The fourth-order valence-electron chi connectivity index (χ4n) is 1.57. The molecule has 1 aromatic carbocycles. The Morgan fingerprint density at radius 2 is 1.94 bits per heavy atom. The standard InChI is InChI=1S/C13H20N2O2/c1-13(2,9-17-3)15-12(16)11-6-4-10(8-14)5-7-11/h4-7H,8-9,14H2,1-3H3,(H,15,16). The third kappa shape index (κ3) is 4.17. The van der Waals surface area contributed by atoms with Crippen LogP contribution in [0.15, 0.2) is 24.3 Å². The van der Waals surface area contributed by atoms with Crippen molar-refractivity contribution in [2.75, 3.05) is 13.7 Å². The van der Waals surface area contributed by atoms with Crippen LogP contribution in [-0.2, 0) is 11.3 Å². The predicted octanol–water partition coefficient (Wildman–Crippen LogP) is 1.30. The lowest BCUT2D eigenvalue weighted by Crippen LogP contribution is -2.46. The third-order valence-electron chi connectivity index (χ3n) is 2.41. The van der Waals surface area contributed by atoms with Crippen LogP contribution in [0.1, 0.15) is 29.8 Å². The molecule has 3 N–H and O–H groups in total. The number of carbonyl (C=O) groups is 1. The molecule has 1 aromatic rings. The Hall–Kier alpha value is -1.39. The predicted molar refractivity (Wildman–Crippen MR) is 67.8 cm³/mol. The normalized spacial score (nSPS) is 11.3. The second-order valence-electron chi connectivity index (χ2n) is 4.67. The first-order valence-corrected chi connectivity index (χ1v) is 5.59. The van der Waals surface area contributed by atoms with E-state index < -0.39 is 0 Å². The topological polar surface area (TPSA) is 64.3 Å². The Balaban J connectivity index is 2.69. The second-order valence-corrected chi connectivity index (χ2v) is 4.67. The Bertz CT molecular complexity index is 372. The molecule has 0 fully saturated rings.